The Morgan fingerprint density at radius 3 is 2.78 bits per heavy atom. The Bertz CT molecular complexity index is 2180. The van der Waals surface area contributed by atoms with E-state index in [0.717, 1.165) is 78.2 Å². The van der Waals surface area contributed by atoms with Gasteiger partial charge in [0.1, 0.15) is 23.8 Å². The average Bonchev–Trinajstić information content (AvgIpc) is 3.70. The second-order valence-corrected chi connectivity index (χ2v) is 12.9. The number of nitrogens with zero attached hydrogens (tertiary/aromatic N) is 5. The number of H-pyrrole nitrogens is 1. The summed E-state index contributed by atoms with van der Waals surface area (Å²) in [5, 5.41) is 11.1. The summed E-state index contributed by atoms with van der Waals surface area (Å²) in [5.41, 5.74) is 6.62. The zero-order valence-corrected chi connectivity index (χ0v) is 27.4. The van der Waals surface area contributed by atoms with E-state index in [4.69, 9.17) is 31.0 Å². The predicted molar refractivity (Wildman–Crippen MR) is 185 cm³/mol. The molecule has 3 aromatic carbocycles. The van der Waals surface area contributed by atoms with Crippen molar-refractivity contribution in [1.82, 2.24) is 29.6 Å². The number of nitrogens with one attached hydrogen (secondary N) is 2. The number of aromatic amines is 1. The molecule has 6 aromatic rings. The summed E-state index contributed by atoms with van der Waals surface area (Å²) in [4.78, 5) is 12.1. The van der Waals surface area contributed by atoms with Gasteiger partial charge in [0.15, 0.2) is 5.82 Å². The van der Waals surface area contributed by atoms with Crippen LogP contribution in [-0.2, 0) is 31.0 Å². The number of benzene rings is 3. The molecule has 2 aliphatic heterocycles. The summed E-state index contributed by atoms with van der Waals surface area (Å²) in [6.45, 7) is 4.45. The second kappa shape index (κ2) is 13.6. The first-order chi connectivity index (χ1) is 23.9. The molecule has 1 fully saturated rings. The van der Waals surface area contributed by atoms with Gasteiger partial charge < -0.3 is 19.4 Å². The SMILES string of the molecule is Fc1cc(Cl)ccc1COc1cccc(C2=CCN(Cc3nc4ccc(CNc5cc(F)c6[nH]ncc6c5)cc4n3C[C@@H]3CCO3)CC2)n1. The first-order valence-corrected chi connectivity index (χ1v) is 16.7. The standard InChI is InChI=1S/C37H34ClF2N7O2/c38-27-6-5-25(30(39)16-27)22-49-36-3-1-2-32(44-36)24-8-11-46(12-9-24)21-35-43-33-7-4-23(14-34(33)47(35)20-29-10-13-48-29)18-41-28-15-26-19-42-45-37(26)31(40)17-28/h1-8,14-17,19,29,41H,9-13,18,20-22H2,(H,42,45)/t29-/m0/s1. The fourth-order valence-electron chi connectivity index (χ4n) is 6.36. The maximum Gasteiger partial charge on any atom is 0.214 e. The Hall–Kier alpha value is -4.84. The lowest BCUT2D eigenvalue weighted by Crippen LogP contribution is -2.33. The van der Waals surface area contributed by atoms with Crippen LogP contribution in [-0.4, -0.2) is 55.4 Å². The topological polar surface area (TPSA) is 93.1 Å². The number of hydrogen-bond acceptors (Lipinski definition) is 7. The van der Waals surface area contributed by atoms with Crippen molar-refractivity contribution < 1.29 is 18.3 Å². The van der Waals surface area contributed by atoms with Crippen molar-refractivity contribution in [2.75, 3.05) is 25.0 Å². The van der Waals surface area contributed by atoms with Crippen LogP contribution < -0.4 is 10.1 Å². The summed E-state index contributed by atoms with van der Waals surface area (Å²) in [6, 6.07) is 19.9. The summed E-state index contributed by atoms with van der Waals surface area (Å²) >= 11 is 5.87. The van der Waals surface area contributed by atoms with Crippen molar-refractivity contribution in [3.05, 3.63) is 118 Å². The Morgan fingerprint density at radius 1 is 1.04 bits per heavy atom. The third-order valence-corrected chi connectivity index (χ3v) is 9.41. The Balaban J connectivity index is 0.954. The van der Waals surface area contributed by atoms with Crippen LogP contribution in [0.25, 0.3) is 27.5 Å². The lowest BCUT2D eigenvalue weighted by Gasteiger charge is -2.29. The van der Waals surface area contributed by atoms with Gasteiger partial charge in [-0.25, -0.2) is 18.7 Å². The van der Waals surface area contributed by atoms with Crippen LogP contribution in [0.4, 0.5) is 14.5 Å². The number of hydrogen-bond donors (Lipinski definition) is 2. The highest BCUT2D eigenvalue weighted by molar-refractivity contribution is 6.30. The molecule has 5 heterocycles. The fourth-order valence-corrected chi connectivity index (χ4v) is 6.52. The van der Waals surface area contributed by atoms with Crippen LogP contribution in [0.15, 0.2) is 79.0 Å². The maximum absolute atomic E-state index is 14.5. The van der Waals surface area contributed by atoms with Crippen LogP contribution >= 0.6 is 11.6 Å². The van der Waals surface area contributed by atoms with Gasteiger partial charge in [-0.2, -0.15) is 5.10 Å². The highest BCUT2D eigenvalue weighted by atomic mass is 35.5. The van der Waals surface area contributed by atoms with Gasteiger partial charge in [0.2, 0.25) is 5.88 Å². The lowest BCUT2D eigenvalue weighted by molar-refractivity contribution is -0.0591. The number of rotatable bonds is 11. The summed E-state index contributed by atoms with van der Waals surface area (Å²) < 4.78 is 42.6. The van der Waals surface area contributed by atoms with E-state index in [2.05, 4.69) is 49.3 Å². The average molecular weight is 682 g/mol. The fraction of sp³-hybridized carbons (Fsp3) is 0.270. The first-order valence-electron chi connectivity index (χ1n) is 16.4. The minimum Gasteiger partial charge on any atom is -0.473 e. The molecule has 9 nitrogen and oxygen atoms in total. The normalized spacial score (nSPS) is 16.6. The number of fused-ring (bicyclic) bond motifs is 2. The van der Waals surface area contributed by atoms with Crippen molar-refractivity contribution in [2.24, 2.45) is 0 Å². The summed E-state index contributed by atoms with van der Waals surface area (Å²) in [7, 11) is 0. The van der Waals surface area contributed by atoms with Crippen LogP contribution in [0.1, 0.15) is 35.5 Å². The van der Waals surface area contributed by atoms with E-state index in [0.29, 0.717) is 40.8 Å². The Labute approximate surface area is 286 Å². The molecule has 2 aliphatic rings. The van der Waals surface area contributed by atoms with Gasteiger partial charge in [0.25, 0.3) is 0 Å². The molecule has 1 saturated heterocycles. The molecule has 0 saturated carbocycles. The van der Waals surface area contributed by atoms with E-state index in [1.807, 2.05) is 18.2 Å². The molecule has 0 unspecified atom stereocenters. The predicted octanol–water partition coefficient (Wildman–Crippen LogP) is 7.51. The van der Waals surface area contributed by atoms with E-state index in [-0.39, 0.29) is 18.5 Å². The molecule has 12 heteroatoms. The summed E-state index contributed by atoms with van der Waals surface area (Å²) in [5.74, 6) is 0.714. The minimum atomic E-state index is -0.400. The van der Waals surface area contributed by atoms with Crippen molar-refractivity contribution >= 4 is 44.8 Å². The molecular formula is C37H34ClF2N7O2. The van der Waals surface area contributed by atoms with Crippen LogP contribution in [0.3, 0.4) is 0 Å². The number of halogens is 3. The number of aromatic nitrogens is 5. The van der Waals surface area contributed by atoms with E-state index < -0.39 is 5.82 Å². The Morgan fingerprint density at radius 2 is 1.96 bits per heavy atom. The molecule has 0 bridgehead atoms. The van der Waals surface area contributed by atoms with Gasteiger partial charge in [-0.15, -0.1) is 0 Å². The van der Waals surface area contributed by atoms with E-state index in [9.17, 15) is 8.78 Å². The van der Waals surface area contributed by atoms with Gasteiger partial charge in [-0.1, -0.05) is 35.9 Å². The zero-order chi connectivity index (χ0) is 33.3. The molecule has 0 radical (unpaired) electrons. The van der Waals surface area contributed by atoms with Crippen molar-refractivity contribution in [3.63, 3.8) is 0 Å². The molecule has 0 spiro atoms. The van der Waals surface area contributed by atoms with Crippen molar-refractivity contribution in [3.8, 4) is 5.88 Å². The molecular weight excluding hydrogens is 648 g/mol. The van der Waals surface area contributed by atoms with Gasteiger partial charge >= 0.3 is 0 Å². The number of pyridine rings is 1. The molecule has 250 valence electrons. The highest BCUT2D eigenvalue weighted by Gasteiger charge is 2.24. The van der Waals surface area contributed by atoms with E-state index >= 15 is 0 Å². The molecule has 2 N–H and O–H groups in total. The second-order valence-electron chi connectivity index (χ2n) is 12.5. The number of anilines is 1. The lowest BCUT2D eigenvalue weighted by atomic mass is 10.0. The molecule has 1 atom stereocenters. The van der Waals surface area contributed by atoms with Crippen LogP contribution in [0.5, 0.6) is 5.88 Å². The molecule has 0 aliphatic carbocycles. The monoisotopic (exact) mass is 681 g/mol. The zero-order valence-electron chi connectivity index (χ0n) is 26.6. The molecule has 8 rings (SSSR count). The van der Waals surface area contributed by atoms with Gasteiger partial charge in [0, 0.05) is 54.0 Å². The van der Waals surface area contributed by atoms with Gasteiger partial charge in [0.05, 0.1) is 42.1 Å². The van der Waals surface area contributed by atoms with Crippen LogP contribution in [0.2, 0.25) is 5.02 Å². The third kappa shape index (κ3) is 6.87. The quantitative estimate of drug-likeness (QED) is 0.146. The molecule has 3 aromatic heterocycles. The smallest absolute Gasteiger partial charge is 0.214 e. The van der Waals surface area contributed by atoms with E-state index in [1.165, 1.54) is 12.1 Å². The number of imidazole rings is 1. The van der Waals surface area contributed by atoms with Crippen LogP contribution in [0, 0.1) is 11.6 Å². The van der Waals surface area contributed by atoms with Crippen molar-refractivity contribution in [1.29, 1.82) is 0 Å². The number of ether oxygens (including phenoxy) is 2. The highest BCUT2D eigenvalue weighted by Crippen LogP contribution is 2.28. The third-order valence-electron chi connectivity index (χ3n) is 9.17. The van der Waals surface area contributed by atoms with E-state index in [1.54, 1.807) is 24.4 Å². The molecule has 0 amide bonds. The van der Waals surface area contributed by atoms with Gasteiger partial charge in [-0.05, 0) is 66.4 Å². The Kier molecular flexibility index (Phi) is 8.71. The largest absolute Gasteiger partial charge is 0.473 e. The summed E-state index contributed by atoms with van der Waals surface area (Å²) in [6.07, 6.45) is 5.87. The minimum absolute atomic E-state index is 0.0689. The maximum atomic E-state index is 14.5. The van der Waals surface area contributed by atoms with Crippen molar-refractivity contribution in [2.45, 2.75) is 45.2 Å². The van der Waals surface area contributed by atoms with Gasteiger partial charge in [-0.3, -0.25) is 10.00 Å². The first kappa shape index (κ1) is 31.4. The molecule has 49 heavy (non-hydrogen) atoms.